The minimum Gasteiger partial charge on any atom is -0.382 e. The number of pyridine rings is 1. The summed E-state index contributed by atoms with van der Waals surface area (Å²) in [5.74, 6) is -0.299. The molecule has 212 valence electrons. The first kappa shape index (κ1) is 28.5. The molecule has 0 atom stereocenters. The number of hydrogen-bond acceptors (Lipinski definition) is 4. The van der Waals surface area contributed by atoms with Crippen molar-refractivity contribution in [1.82, 2.24) is 15.2 Å². The van der Waals surface area contributed by atoms with Crippen molar-refractivity contribution >= 4 is 51.6 Å². The van der Waals surface area contributed by atoms with Gasteiger partial charge < -0.3 is 15.5 Å². The summed E-state index contributed by atoms with van der Waals surface area (Å²) >= 11 is 12.3. The second-order valence-corrected chi connectivity index (χ2v) is 11.3. The highest BCUT2D eigenvalue weighted by Gasteiger charge is 2.34. The minimum atomic E-state index is -4.57. The Labute approximate surface area is 240 Å². The molecule has 2 heterocycles. The van der Waals surface area contributed by atoms with Crippen LogP contribution in [0.3, 0.4) is 0 Å². The third-order valence-electron chi connectivity index (χ3n) is 7.75. The summed E-state index contributed by atoms with van der Waals surface area (Å²) in [6.45, 7) is 0.977. The number of nitrogens with one attached hydrogen (secondary N) is 2. The van der Waals surface area contributed by atoms with E-state index in [1.807, 2.05) is 0 Å². The molecule has 5 rings (SSSR count). The average molecular weight is 593 g/mol. The lowest BCUT2D eigenvalue weighted by molar-refractivity contribution is -0.140. The number of halogens is 5. The molecule has 1 saturated heterocycles. The zero-order chi connectivity index (χ0) is 28.4. The molecule has 0 spiro atoms. The van der Waals surface area contributed by atoms with Gasteiger partial charge in [0, 0.05) is 47.2 Å². The van der Waals surface area contributed by atoms with Crippen molar-refractivity contribution in [1.29, 1.82) is 0 Å². The molecule has 1 aliphatic heterocycles. The maximum absolute atomic E-state index is 13.5. The third-order valence-corrected chi connectivity index (χ3v) is 8.32. The first-order valence-corrected chi connectivity index (χ1v) is 14.1. The number of nitrogens with zero attached hydrogens (tertiary/aromatic N) is 2. The number of carbonyl (C=O) groups excluding carboxylic acids is 2. The third kappa shape index (κ3) is 6.47. The molecule has 11 heteroatoms. The van der Waals surface area contributed by atoms with Crippen molar-refractivity contribution < 1.29 is 22.8 Å². The number of alkyl halides is 3. The lowest BCUT2D eigenvalue weighted by Gasteiger charge is -2.34. The van der Waals surface area contributed by atoms with Crippen LogP contribution in [0.1, 0.15) is 54.6 Å². The predicted octanol–water partition coefficient (Wildman–Crippen LogP) is 6.95. The summed E-state index contributed by atoms with van der Waals surface area (Å²) in [5.41, 5.74) is 0.0907. The van der Waals surface area contributed by atoms with E-state index in [4.69, 9.17) is 23.2 Å². The van der Waals surface area contributed by atoms with Gasteiger partial charge in [0.2, 0.25) is 5.91 Å². The molecule has 3 aromatic rings. The van der Waals surface area contributed by atoms with Gasteiger partial charge in [0.05, 0.1) is 16.1 Å². The number of hydrogen-bond donors (Lipinski definition) is 2. The van der Waals surface area contributed by atoms with Crippen LogP contribution in [-0.2, 0) is 11.0 Å². The van der Waals surface area contributed by atoms with Gasteiger partial charge >= 0.3 is 6.18 Å². The van der Waals surface area contributed by atoms with Gasteiger partial charge in [-0.15, -0.1) is 0 Å². The molecular formula is C29H29Cl2F3N4O2. The van der Waals surface area contributed by atoms with Crippen LogP contribution in [0.2, 0.25) is 10.0 Å². The van der Waals surface area contributed by atoms with E-state index < -0.39 is 11.9 Å². The Morgan fingerprint density at radius 1 is 0.900 bits per heavy atom. The molecular weight excluding hydrogens is 564 g/mol. The van der Waals surface area contributed by atoms with Crippen LogP contribution in [0.15, 0.2) is 48.5 Å². The summed E-state index contributed by atoms with van der Waals surface area (Å²) in [7, 11) is 0. The maximum atomic E-state index is 13.5. The van der Waals surface area contributed by atoms with Crippen LogP contribution in [0, 0.1) is 5.92 Å². The van der Waals surface area contributed by atoms with E-state index in [1.54, 1.807) is 35.2 Å². The molecule has 1 aliphatic carbocycles. The summed E-state index contributed by atoms with van der Waals surface area (Å²) in [6.07, 6.45) is -0.588. The first-order valence-electron chi connectivity index (χ1n) is 13.4. The fourth-order valence-electron chi connectivity index (χ4n) is 5.53. The number of rotatable bonds is 5. The number of anilines is 1. The van der Waals surface area contributed by atoms with Gasteiger partial charge in [0.15, 0.2) is 0 Å². The van der Waals surface area contributed by atoms with Crippen LogP contribution in [-0.4, -0.2) is 46.9 Å². The Morgan fingerprint density at radius 2 is 1.57 bits per heavy atom. The normalized spacial score (nSPS) is 20.4. The molecule has 0 radical (unpaired) electrons. The smallest absolute Gasteiger partial charge is 0.382 e. The van der Waals surface area contributed by atoms with Gasteiger partial charge in [-0.25, -0.2) is 4.98 Å². The van der Waals surface area contributed by atoms with Crippen LogP contribution in [0.25, 0.3) is 10.9 Å². The Hall–Kier alpha value is -3.04. The van der Waals surface area contributed by atoms with Crippen LogP contribution in [0.5, 0.6) is 0 Å². The molecule has 1 saturated carbocycles. The lowest BCUT2D eigenvalue weighted by atomic mass is 9.89. The molecule has 0 unspecified atom stereocenters. The van der Waals surface area contributed by atoms with Crippen LogP contribution < -0.4 is 10.6 Å². The fraction of sp³-hybridized carbons (Fsp3) is 0.414. The summed E-state index contributed by atoms with van der Waals surface area (Å²) in [6, 6.07) is 12.6. The van der Waals surface area contributed by atoms with Crippen LogP contribution >= 0.6 is 23.2 Å². The monoisotopic (exact) mass is 592 g/mol. The largest absolute Gasteiger partial charge is 0.433 e. The van der Waals surface area contributed by atoms with Crippen LogP contribution in [0.4, 0.5) is 18.9 Å². The topological polar surface area (TPSA) is 74.3 Å². The second kappa shape index (κ2) is 11.8. The van der Waals surface area contributed by atoms with E-state index in [9.17, 15) is 22.8 Å². The van der Waals surface area contributed by atoms with E-state index in [-0.39, 0.29) is 35.3 Å². The van der Waals surface area contributed by atoms with Gasteiger partial charge in [-0.05, 0) is 74.9 Å². The standard InChI is InChI=1S/C29H29Cl2F3N4O2/c30-18-5-10-24-22(15-18)25(16-26(37-24)29(32,33)34)35-19-6-8-20(9-7-19)36-27(39)17-11-13-38(14-12-17)28(40)21-3-1-2-4-23(21)31/h1-5,10,15-17,19-20H,6-9,11-14H2,(H,35,37)(H,36,39)/t19-,20+. The second-order valence-electron chi connectivity index (χ2n) is 10.5. The Kier molecular flexibility index (Phi) is 8.42. The summed E-state index contributed by atoms with van der Waals surface area (Å²) < 4.78 is 40.4. The number of amides is 2. The van der Waals surface area contributed by atoms with E-state index >= 15 is 0 Å². The van der Waals surface area contributed by atoms with Gasteiger partial charge in [0.25, 0.3) is 5.91 Å². The predicted molar refractivity (Wildman–Crippen MR) is 150 cm³/mol. The number of benzene rings is 2. The molecule has 2 aromatic carbocycles. The number of carbonyl (C=O) groups is 2. The highest BCUT2D eigenvalue weighted by molar-refractivity contribution is 6.33. The zero-order valence-electron chi connectivity index (χ0n) is 21.6. The molecule has 40 heavy (non-hydrogen) atoms. The molecule has 2 amide bonds. The highest BCUT2D eigenvalue weighted by atomic mass is 35.5. The average Bonchev–Trinajstić information content (AvgIpc) is 2.93. The summed E-state index contributed by atoms with van der Waals surface area (Å²) in [4.78, 5) is 31.3. The van der Waals surface area contributed by atoms with Gasteiger partial charge in [-0.3, -0.25) is 9.59 Å². The Balaban J connectivity index is 1.14. The number of likely N-dealkylation sites (tertiary alicyclic amines) is 1. The van der Waals surface area contributed by atoms with Gasteiger partial charge in [-0.2, -0.15) is 13.2 Å². The molecule has 0 bridgehead atoms. The molecule has 2 N–H and O–H groups in total. The molecule has 2 fully saturated rings. The van der Waals surface area contributed by atoms with Crippen molar-refractivity contribution in [3.8, 4) is 0 Å². The maximum Gasteiger partial charge on any atom is 0.433 e. The lowest BCUT2D eigenvalue weighted by Crippen LogP contribution is -2.46. The van der Waals surface area contributed by atoms with Gasteiger partial charge in [-0.1, -0.05) is 35.3 Å². The van der Waals surface area contributed by atoms with E-state index in [0.29, 0.717) is 78.3 Å². The zero-order valence-corrected chi connectivity index (χ0v) is 23.1. The number of piperidine rings is 1. The van der Waals surface area contributed by atoms with Crippen molar-refractivity contribution in [2.75, 3.05) is 18.4 Å². The summed E-state index contributed by atoms with van der Waals surface area (Å²) in [5, 5.41) is 7.80. The minimum absolute atomic E-state index is 0.00250. The fourth-order valence-corrected chi connectivity index (χ4v) is 5.92. The van der Waals surface area contributed by atoms with E-state index in [0.717, 1.165) is 6.07 Å². The SMILES string of the molecule is O=C(N[C@H]1CC[C@@H](Nc2cc(C(F)(F)F)nc3ccc(Cl)cc23)CC1)C1CCN(C(=O)c2ccccc2Cl)CC1. The highest BCUT2D eigenvalue weighted by Crippen LogP contribution is 2.35. The van der Waals surface area contributed by atoms with Crippen molar-refractivity contribution in [3.63, 3.8) is 0 Å². The number of fused-ring (bicyclic) bond motifs is 1. The molecule has 1 aromatic heterocycles. The first-order chi connectivity index (χ1) is 19.1. The van der Waals surface area contributed by atoms with Gasteiger partial charge in [0.1, 0.15) is 5.69 Å². The van der Waals surface area contributed by atoms with E-state index in [2.05, 4.69) is 15.6 Å². The van der Waals surface area contributed by atoms with Crippen molar-refractivity contribution in [3.05, 3.63) is 69.8 Å². The Morgan fingerprint density at radius 3 is 2.25 bits per heavy atom. The molecule has 6 nitrogen and oxygen atoms in total. The van der Waals surface area contributed by atoms with E-state index in [1.165, 1.54) is 12.1 Å². The Bertz CT molecular complexity index is 1400. The van der Waals surface area contributed by atoms with Crippen molar-refractivity contribution in [2.45, 2.75) is 56.8 Å². The van der Waals surface area contributed by atoms with Crippen molar-refractivity contribution in [2.24, 2.45) is 5.92 Å². The quantitative estimate of drug-likeness (QED) is 0.336. The number of aromatic nitrogens is 1. The molecule has 2 aliphatic rings.